The molecule has 4 nitrogen and oxygen atoms in total. The highest BCUT2D eigenvalue weighted by molar-refractivity contribution is 5.80. The van der Waals surface area contributed by atoms with Crippen LogP contribution in [0.15, 0.2) is 24.3 Å². The monoisotopic (exact) mass is 277 g/mol. The minimum absolute atomic E-state index is 0.0653. The van der Waals surface area contributed by atoms with Crippen LogP contribution in [0.4, 0.5) is 0 Å². The minimum Gasteiger partial charge on any atom is -0.394 e. The molecule has 20 heavy (non-hydrogen) atoms. The van der Waals surface area contributed by atoms with E-state index in [1.54, 1.807) is 0 Å². The number of carbonyl (C=O) groups is 1. The number of nitrogens with one attached hydrogen (secondary N) is 1. The molecule has 1 amide bonds. The van der Waals surface area contributed by atoms with Gasteiger partial charge in [-0.3, -0.25) is 4.79 Å². The molecule has 0 saturated carbocycles. The lowest BCUT2D eigenvalue weighted by Gasteiger charge is -2.33. The number of benzene rings is 1. The third kappa shape index (κ3) is 3.02. The third-order valence-electron chi connectivity index (χ3n) is 4.39. The standard InChI is InChI=1S/C16H23NO3/c1-2-16(10-18,11-19)17-15(20)14-8-7-12-5-3-4-6-13(12)9-14/h3-6,14,18-19H,2,7-11H2,1H3,(H,17,20). The Labute approximate surface area is 119 Å². The fraction of sp³-hybridized carbons (Fsp3) is 0.562. The van der Waals surface area contributed by atoms with Crippen molar-refractivity contribution in [3.63, 3.8) is 0 Å². The number of hydrogen-bond acceptors (Lipinski definition) is 3. The van der Waals surface area contributed by atoms with Crippen LogP contribution >= 0.6 is 0 Å². The molecular formula is C16H23NO3. The quantitative estimate of drug-likeness (QED) is 0.753. The Bertz CT molecular complexity index is 460. The van der Waals surface area contributed by atoms with Gasteiger partial charge in [0.25, 0.3) is 0 Å². The van der Waals surface area contributed by atoms with E-state index in [0.717, 1.165) is 19.3 Å². The minimum atomic E-state index is -0.895. The van der Waals surface area contributed by atoms with E-state index in [9.17, 15) is 15.0 Å². The van der Waals surface area contributed by atoms with Gasteiger partial charge in [-0.25, -0.2) is 0 Å². The number of carbonyl (C=O) groups excluding carboxylic acids is 1. The number of aliphatic hydroxyl groups excluding tert-OH is 2. The number of aryl methyl sites for hydroxylation is 1. The van der Waals surface area contributed by atoms with Crippen molar-refractivity contribution < 1.29 is 15.0 Å². The molecule has 2 rings (SSSR count). The summed E-state index contributed by atoms with van der Waals surface area (Å²) in [5, 5.41) is 21.7. The molecule has 0 bridgehead atoms. The summed E-state index contributed by atoms with van der Waals surface area (Å²) in [4.78, 5) is 12.4. The molecule has 1 unspecified atom stereocenters. The van der Waals surface area contributed by atoms with Gasteiger partial charge in [-0.2, -0.15) is 0 Å². The summed E-state index contributed by atoms with van der Waals surface area (Å²) in [6, 6.07) is 8.21. The van der Waals surface area contributed by atoms with E-state index in [0.29, 0.717) is 6.42 Å². The maximum absolute atomic E-state index is 12.4. The van der Waals surface area contributed by atoms with Crippen molar-refractivity contribution in [2.75, 3.05) is 13.2 Å². The Kier molecular flexibility index (Phi) is 4.78. The van der Waals surface area contributed by atoms with Crippen LogP contribution in [0.3, 0.4) is 0 Å². The molecule has 1 aromatic carbocycles. The molecule has 0 saturated heterocycles. The van der Waals surface area contributed by atoms with Crippen LogP contribution in [0, 0.1) is 5.92 Å². The summed E-state index contributed by atoms with van der Waals surface area (Å²) in [6.45, 7) is 1.37. The van der Waals surface area contributed by atoms with Gasteiger partial charge in [-0.1, -0.05) is 31.2 Å². The first kappa shape index (κ1) is 15.0. The van der Waals surface area contributed by atoms with Crippen molar-refractivity contribution in [1.82, 2.24) is 5.32 Å². The molecule has 0 fully saturated rings. The van der Waals surface area contributed by atoms with Gasteiger partial charge in [0, 0.05) is 5.92 Å². The molecule has 0 aliphatic heterocycles. The molecule has 0 heterocycles. The largest absolute Gasteiger partial charge is 0.394 e. The first-order valence-corrected chi connectivity index (χ1v) is 7.24. The zero-order chi connectivity index (χ0) is 14.6. The first-order chi connectivity index (χ1) is 9.64. The smallest absolute Gasteiger partial charge is 0.224 e. The number of aliphatic hydroxyl groups is 2. The second kappa shape index (κ2) is 6.37. The van der Waals surface area contributed by atoms with Crippen molar-refractivity contribution in [2.24, 2.45) is 5.92 Å². The van der Waals surface area contributed by atoms with Gasteiger partial charge >= 0.3 is 0 Å². The summed E-state index contributed by atoms with van der Waals surface area (Å²) in [5.74, 6) is -0.140. The van der Waals surface area contributed by atoms with E-state index in [4.69, 9.17) is 0 Å². The predicted octanol–water partition coefficient (Wildman–Crippen LogP) is 1.04. The van der Waals surface area contributed by atoms with Gasteiger partial charge in [0.2, 0.25) is 5.91 Å². The Morgan fingerprint density at radius 1 is 1.30 bits per heavy atom. The third-order valence-corrected chi connectivity index (χ3v) is 4.39. The van der Waals surface area contributed by atoms with E-state index in [2.05, 4.69) is 17.4 Å². The molecule has 1 aliphatic carbocycles. The normalized spacial score (nSPS) is 18.4. The van der Waals surface area contributed by atoms with Crippen LogP contribution in [0.1, 0.15) is 30.9 Å². The summed E-state index contributed by atoms with van der Waals surface area (Å²) in [7, 11) is 0. The Morgan fingerprint density at radius 3 is 2.55 bits per heavy atom. The highest BCUT2D eigenvalue weighted by Crippen LogP contribution is 2.26. The molecule has 0 aromatic heterocycles. The number of rotatable bonds is 5. The molecule has 110 valence electrons. The van der Waals surface area contributed by atoms with E-state index in [1.807, 2.05) is 19.1 Å². The average molecular weight is 277 g/mol. The predicted molar refractivity (Wildman–Crippen MR) is 77.3 cm³/mol. The number of amides is 1. The number of fused-ring (bicyclic) bond motifs is 1. The Hall–Kier alpha value is -1.39. The highest BCUT2D eigenvalue weighted by Gasteiger charge is 2.32. The van der Waals surface area contributed by atoms with E-state index in [1.165, 1.54) is 11.1 Å². The van der Waals surface area contributed by atoms with E-state index < -0.39 is 5.54 Å². The molecule has 1 aromatic rings. The Morgan fingerprint density at radius 2 is 1.95 bits per heavy atom. The molecular weight excluding hydrogens is 254 g/mol. The molecule has 1 atom stereocenters. The zero-order valence-electron chi connectivity index (χ0n) is 11.9. The average Bonchev–Trinajstić information content (AvgIpc) is 2.52. The molecule has 0 spiro atoms. The van der Waals surface area contributed by atoms with Crippen LogP contribution in [0.5, 0.6) is 0 Å². The zero-order valence-corrected chi connectivity index (χ0v) is 11.9. The van der Waals surface area contributed by atoms with Gasteiger partial charge < -0.3 is 15.5 Å². The maximum atomic E-state index is 12.4. The lowest BCUT2D eigenvalue weighted by Crippen LogP contribution is -2.55. The second-order valence-electron chi connectivity index (χ2n) is 5.65. The summed E-state index contributed by atoms with van der Waals surface area (Å²) < 4.78 is 0. The van der Waals surface area contributed by atoms with Gasteiger partial charge in [0.15, 0.2) is 0 Å². The topological polar surface area (TPSA) is 69.6 Å². The molecule has 4 heteroatoms. The van der Waals surface area contributed by atoms with E-state index in [-0.39, 0.29) is 25.0 Å². The van der Waals surface area contributed by atoms with Crippen LogP contribution in [0.25, 0.3) is 0 Å². The summed E-state index contributed by atoms with van der Waals surface area (Å²) >= 11 is 0. The molecule has 3 N–H and O–H groups in total. The summed E-state index contributed by atoms with van der Waals surface area (Å²) in [6.07, 6.45) is 2.97. The lowest BCUT2D eigenvalue weighted by molar-refractivity contribution is -0.128. The highest BCUT2D eigenvalue weighted by atomic mass is 16.3. The van der Waals surface area contributed by atoms with Gasteiger partial charge in [-0.15, -0.1) is 0 Å². The first-order valence-electron chi connectivity index (χ1n) is 7.24. The van der Waals surface area contributed by atoms with Crippen LogP contribution in [0.2, 0.25) is 0 Å². The van der Waals surface area contributed by atoms with E-state index >= 15 is 0 Å². The van der Waals surface area contributed by atoms with Gasteiger partial charge in [-0.05, 0) is 36.8 Å². The summed E-state index contributed by atoms with van der Waals surface area (Å²) in [5.41, 5.74) is 1.66. The van der Waals surface area contributed by atoms with Gasteiger partial charge in [0.1, 0.15) is 0 Å². The lowest BCUT2D eigenvalue weighted by atomic mass is 9.83. The van der Waals surface area contributed by atoms with Crippen molar-refractivity contribution in [1.29, 1.82) is 0 Å². The van der Waals surface area contributed by atoms with Crippen LogP contribution in [-0.4, -0.2) is 34.9 Å². The second-order valence-corrected chi connectivity index (χ2v) is 5.65. The fourth-order valence-electron chi connectivity index (χ4n) is 2.73. The van der Waals surface area contributed by atoms with Gasteiger partial charge in [0.05, 0.1) is 18.8 Å². The van der Waals surface area contributed by atoms with Crippen molar-refractivity contribution in [3.05, 3.63) is 35.4 Å². The number of hydrogen-bond donors (Lipinski definition) is 3. The Balaban J connectivity index is 2.05. The van der Waals surface area contributed by atoms with Crippen LogP contribution in [-0.2, 0) is 17.6 Å². The van der Waals surface area contributed by atoms with Crippen LogP contribution < -0.4 is 5.32 Å². The SMILES string of the molecule is CCC(CO)(CO)NC(=O)C1CCc2ccccc2C1. The van der Waals surface area contributed by atoms with Crippen molar-refractivity contribution >= 4 is 5.91 Å². The van der Waals surface area contributed by atoms with Crippen molar-refractivity contribution in [3.8, 4) is 0 Å². The maximum Gasteiger partial charge on any atom is 0.224 e. The fourth-order valence-corrected chi connectivity index (χ4v) is 2.73. The van der Waals surface area contributed by atoms with Crippen molar-refractivity contribution in [2.45, 2.75) is 38.1 Å². The molecule has 0 radical (unpaired) electrons. The molecule has 1 aliphatic rings.